The molecule has 0 atom stereocenters. The summed E-state index contributed by atoms with van der Waals surface area (Å²) in [6, 6.07) is 25.4. The molecule has 0 unspecified atom stereocenters. The van der Waals surface area contributed by atoms with Crippen LogP contribution in [-0.4, -0.2) is 77.8 Å². The summed E-state index contributed by atoms with van der Waals surface area (Å²) in [4.78, 5) is 43.8. The van der Waals surface area contributed by atoms with E-state index in [1.54, 1.807) is 11.7 Å². The normalized spacial score (nSPS) is 13.5. The van der Waals surface area contributed by atoms with E-state index in [9.17, 15) is 14.4 Å². The monoisotopic (exact) mass is 645 g/mol. The molecule has 0 bridgehead atoms. The summed E-state index contributed by atoms with van der Waals surface area (Å²) in [6.45, 7) is 2.72. The summed E-state index contributed by atoms with van der Waals surface area (Å²) < 4.78 is 13.2. The van der Waals surface area contributed by atoms with Gasteiger partial charge in [0, 0.05) is 73.8 Å². The zero-order chi connectivity index (χ0) is 30.4. The first-order valence-electron chi connectivity index (χ1n) is 14.5. The predicted octanol–water partition coefficient (Wildman–Crippen LogP) is 5.21. The van der Waals surface area contributed by atoms with Crippen molar-refractivity contribution in [2.24, 2.45) is 0 Å². The van der Waals surface area contributed by atoms with Gasteiger partial charge in [-0.3, -0.25) is 23.4 Å². The van der Waals surface area contributed by atoms with Gasteiger partial charge in [0.2, 0.25) is 0 Å². The summed E-state index contributed by atoms with van der Waals surface area (Å²) in [5.41, 5.74) is 3.83. The number of thiophene rings is 1. The molecule has 1 radical (unpaired) electrons. The van der Waals surface area contributed by atoms with Gasteiger partial charge in [-0.25, -0.2) is 9.59 Å². The smallest absolute Gasteiger partial charge is 0.439 e. The Balaban J connectivity index is 0.00000357. The van der Waals surface area contributed by atoms with Crippen molar-refractivity contribution in [1.82, 2.24) is 19.3 Å². The van der Waals surface area contributed by atoms with Gasteiger partial charge in [-0.2, -0.15) is 0 Å². The summed E-state index contributed by atoms with van der Waals surface area (Å²) in [5, 5.41) is 4.44. The Kier molecular flexibility index (Phi) is 9.02. The maximum atomic E-state index is 14.1. The SMILES string of the molecule is CCc1cc2c(=O)n(CC3(c4ccc(OC)cc4)CC3)c(=O)n(Cc3ccc(-c4ccccc4-c4noc(=O)[nH]4)cc3)c2s1.[K]. The number of methoxy groups -OCH3 is 1. The molecule has 45 heavy (non-hydrogen) atoms. The number of fused-ring (bicyclic) bond motifs is 1. The molecule has 1 N–H and O–H groups in total. The van der Waals surface area contributed by atoms with Crippen LogP contribution in [0.5, 0.6) is 5.75 Å². The molecule has 3 aromatic heterocycles. The van der Waals surface area contributed by atoms with Crippen LogP contribution in [0.25, 0.3) is 32.7 Å². The van der Waals surface area contributed by atoms with Gasteiger partial charge < -0.3 is 4.74 Å². The van der Waals surface area contributed by atoms with Crippen LogP contribution >= 0.6 is 11.3 Å². The second kappa shape index (κ2) is 12.8. The molecule has 1 saturated carbocycles. The summed E-state index contributed by atoms with van der Waals surface area (Å²) in [6.07, 6.45) is 2.62. The van der Waals surface area contributed by atoms with Crippen molar-refractivity contribution in [1.29, 1.82) is 0 Å². The van der Waals surface area contributed by atoms with Crippen LogP contribution in [0.15, 0.2) is 97.8 Å². The molecule has 1 fully saturated rings. The molecule has 1 aliphatic rings. The summed E-state index contributed by atoms with van der Waals surface area (Å²) in [5.74, 6) is 0.525. The van der Waals surface area contributed by atoms with Crippen molar-refractivity contribution in [3.8, 4) is 28.3 Å². The number of aryl methyl sites for hydroxylation is 1. The quantitative estimate of drug-likeness (QED) is 0.216. The molecular formula is C34H30KN4O5S. The molecule has 11 heteroatoms. The van der Waals surface area contributed by atoms with Crippen LogP contribution in [0.2, 0.25) is 0 Å². The zero-order valence-electron chi connectivity index (χ0n) is 25.3. The number of ether oxygens (including phenoxy) is 1. The number of benzene rings is 3. The van der Waals surface area contributed by atoms with Crippen molar-refractivity contribution in [3.05, 3.63) is 126 Å². The molecule has 223 valence electrons. The first-order valence-corrected chi connectivity index (χ1v) is 15.4. The van der Waals surface area contributed by atoms with E-state index in [0.717, 1.165) is 57.7 Å². The third kappa shape index (κ3) is 6.00. The second-order valence-electron chi connectivity index (χ2n) is 11.2. The first-order chi connectivity index (χ1) is 21.4. The Hall–Kier alpha value is -3.32. The van der Waals surface area contributed by atoms with E-state index in [-0.39, 0.29) is 68.0 Å². The Morgan fingerprint density at radius 2 is 1.67 bits per heavy atom. The number of nitrogens with one attached hydrogen (secondary N) is 1. The van der Waals surface area contributed by atoms with Crippen molar-refractivity contribution >= 4 is 72.9 Å². The molecule has 0 amide bonds. The van der Waals surface area contributed by atoms with E-state index in [2.05, 4.69) is 17.1 Å². The van der Waals surface area contributed by atoms with Gasteiger partial charge in [0.25, 0.3) is 5.56 Å². The largest absolute Gasteiger partial charge is 0.497 e. The number of aromatic amines is 1. The summed E-state index contributed by atoms with van der Waals surface area (Å²) >= 11 is 1.51. The molecule has 6 aromatic rings. The number of hydrogen-bond acceptors (Lipinski definition) is 7. The molecule has 7 rings (SSSR count). The van der Waals surface area contributed by atoms with Gasteiger partial charge in [0.15, 0.2) is 5.82 Å². The maximum absolute atomic E-state index is 14.1. The molecule has 0 saturated heterocycles. The Bertz CT molecular complexity index is 2170. The molecule has 0 aliphatic heterocycles. The third-order valence-electron chi connectivity index (χ3n) is 8.54. The van der Waals surface area contributed by atoms with E-state index in [4.69, 9.17) is 9.26 Å². The number of rotatable bonds is 9. The fourth-order valence-corrected chi connectivity index (χ4v) is 6.98. The summed E-state index contributed by atoms with van der Waals surface area (Å²) in [7, 11) is 1.64. The minimum Gasteiger partial charge on any atom is -0.497 e. The first kappa shape index (κ1) is 31.7. The van der Waals surface area contributed by atoms with Crippen molar-refractivity contribution < 1.29 is 9.26 Å². The molecule has 3 heterocycles. The average Bonchev–Trinajstić information content (AvgIpc) is 3.50. The second-order valence-corrected chi connectivity index (χ2v) is 12.4. The maximum Gasteiger partial charge on any atom is 0.439 e. The molecule has 9 nitrogen and oxygen atoms in total. The van der Waals surface area contributed by atoms with Gasteiger partial charge in [-0.05, 0) is 59.7 Å². The van der Waals surface area contributed by atoms with Crippen molar-refractivity contribution in [2.75, 3.05) is 7.11 Å². The minimum atomic E-state index is -0.611. The van der Waals surface area contributed by atoms with Gasteiger partial charge in [0.05, 0.1) is 19.0 Å². The average molecular weight is 646 g/mol. The van der Waals surface area contributed by atoms with E-state index in [0.29, 0.717) is 29.1 Å². The minimum absolute atomic E-state index is 0. The number of hydrogen-bond donors (Lipinski definition) is 1. The molecule has 1 aliphatic carbocycles. The standard InChI is InChI=1S/C34H30N4O5S.K/c1-3-25-18-28-30(39)38(20-34(16-17-34)23-12-14-24(42-2)15-13-23)33(41)37(31(28)44-25)19-21-8-10-22(11-9-21)26-6-4-5-7-27(26)29-35-32(40)43-36-29;/h4-15,18H,3,16-17,19-20H2,1-2H3,(H,35,36,40);. The van der Waals surface area contributed by atoms with Gasteiger partial charge >= 0.3 is 11.4 Å². The molecule has 3 aromatic carbocycles. The molecule has 0 spiro atoms. The zero-order valence-corrected chi connectivity index (χ0v) is 29.3. The Morgan fingerprint density at radius 1 is 0.956 bits per heavy atom. The predicted molar refractivity (Wildman–Crippen MR) is 176 cm³/mol. The van der Waals surface area contributed by atoms with Gasteiger partial charge in [0.1, 0.15) is 10.6 Å². The molecular weight excluding hydrogens is 616 g/mol. The van der Waals surface area contributed by atoms with Crippen LogP contribution in [0.4, 0.5) is 0 Å². The van der Waals surface area contributed by atoms with Crippen LogP contribution < -0.4 is 21.7 Å². The number of aromatic nitrogens is 4. The van der Waals surface area contributed by atoms with Crippen molar-refractivity contribution in [3.63, 3.8) is 0 Å². The Morgan fingerprint density at radius 3 is 2.29 bits per heavy atom. The topological polar surface area (TPSA) is 112 Å². The van der Waals surface area contributed by atoms with E-state index in [1.165, 1.54) is 15.9 Å². The number of H-pyrrole nitrogens is 1. The number of nitrogens with zero attached hydrogens (tertiary/aromatic N) is 3. The van der Waals surface area contributed by atoms with Gasteiger partial charge in [-0.15, -0.1) is 11.3 Å². The Labute approximate surface area is 304 Å². The van der Waals surface area contributed by atoms with Crippen LogP contribution in [0.3, 0.4) is 0 Å². The van der Waals surface area contributed by atoms with Crippen LogP contribution in [-0.2, 0) is 24.9 Å². The van der Waals surface area contributed by atoms with E-state index in [1.807, 2.05) is 78.9 Å². The van der Waals surface area contributed by atoms with E-state index >= 15 is 0 Å². The fourth-order valence-electron chi connectivity index (χ4n) is 5.90. The van der Waals surface area contributed by atoms with E-state index < -0.39 is 5.76 Å². The van der Waals surface area contributed by atoms with Crippen molar-refractivity contribution in [2.45, 2.75) is 44.7 Å². The third-order valence-corrected chi connectivity index (χ3v) is 9.84. The van der Waals surface area contributed by atoms with Crippen LogP contribution in [0, 0.1) is 0 Å². The fraction of sp³-hybridized carbons (Fsp3) is 0.235. The van der Waals surface area contributed by atoms with Gasteiger partial charge in [-0.1, -0.05) is 72.7 Å². The van der Waals surface area contributed by atoms with Crippen LogP contribution in [0.1, 0.15) is 35.8 Å².